The van der Waals surface area contributed by atoms with Crippen LogP contribution in [0.5, 0.6) is 0 Å². The number of hydrogen-bond donors (Lipinski definition) is 2. The second kappa shape index (κ2) is 9.17. The Morgan fingerprint density at radius 2 is 1.88 bits per heavy atom. The highest BCUT2D eigenvalue weighted by Gasteiger charge is 2.22. The molecule has 0 radical (unpaired) electrons. The van der Waals surface area contributed by atoms with Gasteiger partial charge < -0.3 is 20.9 Å². The van der Waals surface area contributed by atoms with Crippen molar-refractivity contribution in [3.8, 4) is 0 Å². The van der Waals surface area contributed by atoms with Gasteiger partial charge in [0.15, 0.2) is 0 Å². The van der Waals surface area contributed by atoms with Crippen LogP contribution in [0.3, 0.4) is 0 Å². The monoisotopic (exact) mass is 334 g/mol. The van der Waals surface area contributed by atoms with Gasteiger partial charge in [-0.15, -0.1) is 0 Å². The molecule has 0 saturated carbocycles. The molecule has 1 atom stereocenters. The van der Waals surface area contributed by atoms with Gasteiger partial charge in [-0.1, -0.05) is 0 Å². The molecule has 1 aromatic heterocycles. The van der Waals surface area contributed by atoms with Crippen molar-refractivity contribution in [2.24, 2.45) is 5.73 Å². The third kappa shape index (κ3) is 5.77. The number of nitrogens with two attached hydrogens (primary N) is 1. The summed E-state index contributed by atoms with van der Waals surface area (Å²) in [4.78, 5) is 36.1. The van der Waals surface area contributed by atoms with Crippen LogP contribution in [0.1, 0.15) is 26.2 Å². The predicted molar refractivity (Wildman–Crippen MR) is 91.3 cm³/mol. The van der Waals surface area contributed by atoms with E-state index < -0.39 is 0 Å². The number of carbonyl (C=O) groups excluding carboxylic acids is 2. The van der Waals surface area contributed by atoms with Crippen LogP contribution in [0.4, 0.5) is 5.95 Å². The van der Waals surface area contributed by atoms with Gasteiger partial charge in [-0.05, 0) is 19.4 Å². The molecule has 1 aliphatic rings. The van der Waals surface area contributed by atoms with E-state index in [9.17, 15) is 9.59 Å². The topological polar surface area (TPSA) is 104 Å². The summed E-state index contributed by atoms with van der Waals surface area (Å²) < 4.78 is 0. The SMILES string of the molecule is CC(N)CCC(=O)NCCC(=O)N1CCN(c2ncccn2)CC1. The summed E-state index contributed by atoms with van der Waals surface area (Å²) in [6, 6.07) is 1.80. The van der Waals surface area contributed by atoms with E-state index in [1.54, 1.807) is 18.5 Å². The maximum atomic E-state index is 12.2. The number of hydrogen-bond acceptors (Lipinski definition) is 6. The highest BCUT2D eigenvalue weighted by atomic mass is 16.2. The van der Waals surface area contributed by atoms with Crippen molar-refractivity contribution in [1.29, 1.82) is 0 Å². The largest absolute Gasteiger partial charge is 0.356 e. The van der Waals surface area contributed by atoms with E-state index >= 15 is 0 Å². The molecule has 1 fully saturated rings. The molecule has 2 rings (SSSR count). The molecule has 0 aliphatic carbocycles. The van der Waals surface area contributed by atoms with E-state index in [0.717, 1.165) is 13.1 Å². The average Bonchev–Trinajstić information content (AvgIpc) is 2.61. The Kier molecular flexibility index (Phi) is 6.92. The smallest absolute Gasteiger partial charge is 0.225 e. The number of aromatic nitrogens is 2. The summed E-state index contributed by atoms with van der Waals surface area (Å²) in [5.41, 5.74) is 5.61. The lowest BCUT2D eigenvalue weighted by atomic mass is 10.2. The second-order valence-electron chi connectivity index (χ2n) is 6.03. The first-order valence-electron chi connectivity index (χ1n) is 8.38. The summed E-state index contributed by atoms with van der Waals surface area (Å²) in [5.74, 6) is 0.716. The van der Waals surface area contributed by atoms with Crippen molar-refractivity contribution >= 4 is 17.8 Å². The molecule has 24 heavy (non-hydrogen) atoms. The van der Waals surface area contributed by atoms with Crippen molar-refractivity contribution in [3.63, 3.8) is 0 Å². The maximum Gasteiger partial charge on any atom is 0.225 e. The van der Waals surface area contributed by atoms with E-state index in [1.807, 2.05) is 11.8 Å². The van der Waals surface area contributed by atoms with Gasteiger partial charge in [0.05, 0.1) is 0 Å². The van der Waals surface area contributed by atoms with Crippen molar-refractivity contribution in [2.75, 3.05) is 37.6 Å². The number of amides is 2. The molecule has 0 spiro atoms. The second-order valence-corrected chi connectivity index (χ2v) is 6.03. The lowest BCUT2D eigenvalue weighted by molar-refractivity contribution is -0.131. The zero-order valence-corrected chi connectivity index (χ0v) is 14.1. The molecule has 8 nitrogen and oxygen atoms in total. The zero-order valence-electron chi connectivity index (χ0n) is 14.1. The Labute approximate surface area is 142 Å². The molecule has 3 N–H and O–H groups in total. The first kappa shape index (κ1) is 18.1. The quantitative estimate of drug-likeness (QED) is 0.713. The number of piperazine rings is 1. The molecule has 2 amide bonds. The summed E-state index contributed by atoms with van der Waals surface area (Å²) in [6.45, 7) is 4.98. The summed E-state index contributed by atoms with van der Waals surface area (Å²) in [5, 5.41) is 2.77. The third-order valence-corrected chi connectivity index (χ3v) is 3.96. The number of nitrogens with one attached hydrogen (secondary N) is 1. The van der Waals surface area contributed by atoms with Crippen LogP contribution >= 0.6 is 0 Å². The fraction of sp³-hybridized carbons (Fsp3) is 0.625. The molecular formula is C16H26N6O2. The minimum atomic E-state index is -0.0499. The van der Waals surface area contributed by atoms with Crippen molar-refractivity contribution < 1.29 is 9.59 Å². The van der Waals surface area contributed by atoms with Crippen LogP contribution in [0, 0.1) is 0 Å². The highest BCUT2D eigenvalue weighted by Crippen LogP contribution is 2.10. The minimum absolute atomic E-state index is 0.0160. The van der Waals surface area contributed by atoms with Gasteiger partial charge in [0, 0.05) is 64.0 Å². The predicted octanol–water partition coefficient (Wildman–Crippen LogP) is -0.241. The normalized spacial score (nSPS) is 15.9. The molecule has 1 saturated heterocycles. The Balaban J connectivity index is 1.65. The lowest BCUT2D eigenvalue weighted by Gasteiger charge is -2.34. The van der Waals surface area contributed by atoms with Gasteiger partial charge in [0.2, 0.25) is 17.8 Å². The van der Waals surface area contributed by atoms with E-state index in [1.165, 1.54) is 0 Å². The molecule has 132 valence electrons. The number of carbonyl (C=O) groups is 2. The van der Waals surface area contributed by atoms with Gasteiger partial charge in [-0.3, -0.25) is 9.59 Å². The van der Waals surface area contributed by atoms with Gasteiger partial charge in [0.1, 0.15) is 0 Å². The van der Waals surface area contributed by atoms with E-state index in [4.69, 9.17) is 5.73 Å². The zero-order chi connectivity index (χ0) is 17.4. The van der Waals surface area contributed by atoms with Crippen molar-refractivity contribution in [3.05, 3.63) is 18.5 Å². The Bertz CT molecular complexity index is 529. The van der Waals surface area contributed by atoms with E-state index in [-0.39, 0.29) is 17.9 Å². The summed E-state index contributed by atoms with van der Waals surface area (Å²) in [6.07, 6.45) is 4.82. The fourth-order valence-electron chi connectivity index (χ4n) is 2.52. The van der Waals surface area contributed by atoms with Crippen LogP contribution in [-0.4, -0.2) is 65.4 Å². The Morgan fingerprint density at radius 1 is 1.21 bits per heavy atom. The molecule has 1 aromatic rings. The molecule has 1 aliphatic heterocycles. The number of anilines is 1. The average molecular weight is 334 g/mol. The molecule has 0 bridgehead atoms. The molecular weight excluding hydrogens is 308 g/mol. The molecule has 8 heteroatoms. The third-order valence-electron chi connectivity index (χ3n) is 3.96. The summed E-state index contributed by atoms with van der Waals surface area (Å²) in [7, 11) is 0. The van der Waals surface area contributed by atoms with Crippen molar-refractivity contribution in [1.82, 2.24) is 20.2 Å². The molecule has 2 heterocycles. The highest BCUT2D eigenvalue weighted by molar-refractivity contribution is 5.79. The lowest BCUT2D eigenvalue weighted by Crippen LogP contribution is -2.49. The maximum absolute atomic E-state index is 12.2. The Morgan fingerprint density at radius 3 is 2.50 bits per heavy atom. The fourth-order valence-corrected chi connectivity index (χ4v) is 2.52. The van der Waals surface area contributed by atoms with Crippen molar-refractivity contribution in [2.45, 2.75) is 32.2 Å². The number of rotatable bonds is 7. The first-order chi connectivity index (χ1) is 11.6. The molecule has 0 aromatic carbocycles. The first-order valence-corrected chi connectivity index (χ1v) is 8.38. The standard InChI is InChI=1S/C16H26N6O2/c1-13(17)3-4-14(23)18-8-5-15(24)21-9-11-22(12-10-21)16-19-6-2-7-20-16/h2,6-7,13H,3-5,8-12,17H2,1H3,(H,18,23). The van der Waals surface area contributed by atoms with Crippen LogP contribution in [0.25, 0.3) is 0 Å². The van der Waals surface area contributed by atoms with Crippen LogP contribution in [0.15, 0.2) is 18.5 Å². The van der Waals surface area contributed by atoms with Crippen LogP contribution < -0.4 is 16.0 Å². The van der Waals surface area contributed by atoms with Gasteiger partial charge in [0.25, 0.3) is 0 Å². The van der Waals surface area contributed by atoms with Gasteiger partial charge in [-0.25, -0.2) is 9.97 Å². The van der Waals surface area contributed by atoms with Crippen LogP contribution in [-0.2, 0) is 9.59 Å². The Hall–Kier alpha value is -2.22. The van der Waals surface area contributed by atoms with E-state index in [0.29, 0.717) is 44.8 Å². The van der Waals surface area contributed by atoms with E-state index in [2.05, 4.69) is 20.2 Å². The van der Waals surface area contributed by atoms with Crippen LogP contribution in [0.2, 0.25) is 0 Å². The van der Waals surface area contributed by atoms with Gasteiger partial charge in [-0.2, -0.15) is 0 Å². The summed E-state index contributed by atoms with van der Waals surface area (Å²) >= 11 is 0. The molecule has 1 unspecified atom stereocenters. The van der Waals surface area contributed by atoms with Gasteiger partial charge >= 0.3 is 0 Å². The number of nitrogens with zero attached hydrogens (tertiary/aromatic N) is 4. The minimum Gasteiger partial charge on any atom is -0.356 e.